The highest BCUT2D eigenvalue weighted by Gasteiger charge is 2.29. The van der Waals surface area contributed by atoms with Crippen LogP contribution in [-0.4, -0.2) is 18.4 Å². The lowest BCUT2D eigenvalue weighted by atomic mass is 9.88. The predicted molar refractivity (Wildman–Crippen MR) is 133 cm³/mol. The van der Waals surface area contributed by atoms with Crippen LogP contribution in [0.15, 0.2) is 53.0 Å². The lowest BCUT2D eigenvalue weighted by molar-refractivity contribution is 0.102. The topological polar surface area (TPSA) is 67.4 Å². The molecule has 0 saturated carbocycles. The molecule has 0 saturated heterocycles. The van der Waals surface area contributed by atoms with Crippen molar-refractivity contribution in [1.29, 1.82) is 0 Å². The largest absolute Gasteiger partial charge is 0.492 e. The molecule has 1 aliphatic carbocycles. The molecule has 5 nitrogen and oxygen atoms in total. The van der Waals surface area contributed by atoms with Gasteiger partial charge in [-0.1, -0.05) is 31.2 Å². The standard InChI is InChI=1S/C25H25BrN2O3S/c1-3-31-20-11-7-6-10-19(20)27-24(30)22-17-13-12-15(2)14-21(17)32-25(22)28-23(29)16-8-4-5-9-18(16)26/h4-11,15H,3,12-14H2,1-2H3,(H,27,30)(H,28,29)/t15-/m1/s1. The van der Waals surface area contributed by atoms with E-state index in [2.05, 4.69) is 33.5 Å². The number of anilines is 2. The summed E-state index contributed by atoms with van der Waals surface area (Å²) in [5.41, 5.74) is 2.75. The molecule has 1 aliphatic rings. The molecule has 0 bridgehead atoms. The summed E-state index contributed by atoms with van der Waals surface area (Å²) >= 11 is 4.95. The van der Waals surface area contributed by atoms with Crippen molar-refractivity contribution >= 4 is 49.8 Å². The first-order valence-corrected chi connectivity index (χ1v) is 12.3. The maximum atomic E-state index is 13.5. The molecule has 166 valence electrons. The second kappa shape index (κ2) is 9.88. The SMILES string of the molecule is CCOc1ccccc1NC(=O)c1c(NC(=O)c2ccccc2Br)sc2c1CC[C@@H](C)C2. The summed E-state index contributed by atoms with van der Waals surface area (Å²) in [5.74, 6) is 0.710. The number of amides is 2. The number of hydrogen-bond acceptors (Lipinski definition) is 4. The minimum Gasteiger partial charge on any atom is -0.492 e. The van der Waals surface area contributed by atoms with Gasteiger partial charge >= 0.3 is 0 Å². The van der Waals surface area contributed by atoms with E-state index in [-0.39, 0.29) is 11.8 Å². The fraction of sp³-hybridized carbons (Fsp3) is 0.280. The van der Waals surface area contributed by atoms with Crippen LogP contribution < -0.4 is 15.4 Å². The second-order valence-electron chi connectivity index (χ2n) is 7.87. The summed E-state index contributed by atoms with van der Waals surface area (Å²) < 4.78 is 6.37. The van der Waals surface area contributed by atoms with Crippen LogP contribution in [0.3, 0.4) is 0 Å². The van der Waals surface area contributed by atoms with E-state index in [1.807, 2.05) is 49.4 Å². The number of fused-ring (bicyclic) bond motifs is 1. The number of rotatable bonds is 6. The van der Waals surface area contributed by atoms with E-state index in [0.717, 1.165) is 24.8 Å². The van der Waals surface area contributed by atoms with Crippen molar-refractivity contribution in [3.8, 4) is 5.75 Å². The maximum Gasteiger partial charge on any atom is 0.259 e. The molecule has 3 aromatic rings. The first-order chi connectivity index (χ1) is 15.5. The molecule has 0 radical (unpaired) electrons. The second-order valence-corrected chi connectivity index (χ2v) is 9.83. The van der Waals surface area contributed by atoms with Gasteiger partial charge in [-0.05, 0) is 77.9 Å². The van der Waals surface area contributed by atoms with Crippen molar-refractivity contribution in [3.63, 3.8) is 0 Å². The Morgan fingerprint density at radius 3 is 2.62 bits per heavy atom. The lowest BCUT2D eigenvalue weighted by Crippen LogP contribution is -2.20. The Morgan fingerprint density at radius 1 is 1.09 bits per heavy atom. The van der Waals surface area contributed by atoms with Gasteiger partial charge in [-0.25, -0.2) is 0 Å². The van der Waals surface area contributed by atoms with Crippen molar-refractivity contribution in [1.82, 2.24) is 0 Å². The van der Waals surface area contributed by atoms with Gasteiger partial charge in [-0.2, -0.15) is 0 Å². The maximum absolute atomic E-state index is 13.5. The van der Waals surface area contributed by atoms with Crippen molar-refractivity contribution in [2.75, 3.05) is 17.2 Å². The highest BCUT2D eigenvalue weighted by atomic mass is 79.9. The first kappa shape index (κ1) is 22.6. The number of hydrogen-bond donors (Lipinski definition) is 2. The van der Waals surface area contributed by atoms with Gasteiger partial charge in [-0.3, -0.25) is 9.59 Å². The molecule has 1 atom stereocenters. The molecule has 4 rings (SSSR count). The lowest BCUT2D eigenvalue weighted by Gasteiger charge is -2.19. The van der Waals surface area contributed by atoms with Crippen LogP contribution in [0.4, 0.5) is 10.7 Å². The number of para-hydroxylation sites is 2. The summed E-state index contributed by atoms with van der Waals surface area (Å²) in [6.07, 6.45) is 2.77. The fourth-order valence-corrected chi connectivity index (χ4v) is 5.80. The van der Waals surface area contributed by atoms with Crippen LogP contribution in [0.1, 0.15) is 51.4 Å². The highest BCUT2D eigenvalue weighted by molar-refractivity contribution is 9.10. The summed E-state index contributed by atoms with van der Waals surface area (Å²) in [7, 11) is 0. The van der Waals surface area contributed by atoms with E-state index >= 15 is 0 Å². The summed E-state index contributed by atoms with van der Waals surface area (Å²) in [6, 6.07) is 14.7. The van der Waals surface area contributed by atoms with Crippen molar-refractivity contribution in [2.24, 2.45) is 5.92 Å². The van der Waals surface area contributed by atoms with Crippen LogP contribution in [0.2, 0.25) is 0 Å². The normalized spacial score (nSPS) is 15.0. The molecule has 0 spiro atoms. The number of benzene rings is 2. The van der Waals surface area contributed by atoms with Gasteiger partial charge in [0.05, 0.1) is 23.4 Å². The number of thiophene rings is 1. The number of nitrogens with one attached hydrogen (secondary N) is 2. The molecule has 1 heterocycles. The zero-order valence-corrected chi connectivity index (χ0v) is 20.4. The molecule has 2 amide bonds. The third-order valence-corrected chi connectivity index (χ3v) is 7.38. The molecular weight excluding hydrogens is 488 g/mol. The molecule has 2 aromatic carbocycles. The van der Waals surface area contributed by atoms with Crippen LogP contribution in [0.5, 0.6) is 5.75 Å². The molecule has 0 aliphatic heterocycles. The van der Waals surface area contributed by atoms with Gasteiger partial charge in [0.25, 0.3) is 11.8 Å². The molecular formula is C25H25BrN2O3S. The van der Waals surface area contributed by atoms with Crippen LogP contribution in [0.25, 0.3) is 0 Å². The minimum atomic E-state index is -0.243. The summed E-state index contributed by atoms with van der Waals surface area (Å²) in [6.45, 7) is 4.64. The van der Waals surface area contributed by atoms with Crippen molar-refractivity contribution in [3.05, 3.63) is 74.6 Å². The first-order valence-electron chi connectivity index (χ1n) is 10.7. The number of carbonyl (C=O) groups is 2. The average Bonchev–Trinajstić information content (AvgIpc) is 3.12. The minimum absolute atomic E-state index is 0.230. The molecule has 32 heavy (non-hydrogen) atoms. The van der Waals surface area contributed by atoms with Crippen LogP contribution in [-0.2, 0) is 12.8 Å². The number of carbonyl (C=O) groups excluding carboxylic acids is 2. The third-order valence-electron chi connectivity index (χ3n) is 5.52. The predicted octanol–water partition coefficient (Wildman–Crippen LogP) is 6.54. The van der Waals surface area contributed by atoms with Gasteiger partial charge in [0.2, 0.25) is 0 Å². The third kappa shape index (κ3) is 4.74. The smallest absolute Gasteiger partial charge is 0.259 e. The van der Waals surface area contributed by atoms with Crippen LogP contribution >= 0.6 is 27.3 Å². The van der Waals surface area contributed by atoms with E-state index in [1.54, 1.807) is 6.07 Å². The Kier molecular flexibility index (Phi) is 6.96. The van der Waals surface area contributed by atoms with Crippen molar-refractivity contribution < 1.29 is 14.3 Å². The van der Waals surface area contributed by atoms with Crippen molar-refractivity contribution in [2.45, 2.75) is 33.1 Å². The zero-order chi connectivity index (χ0) is 22.7. The average molecular weight is 513 g/mol. The zero-order valence-electron chi connectivity index (χ0n) is 18.0. The number of ether oxygens (including phenoxy) is 1. The van der Waals surface area contributed by atoms with Gasteiger partial charge in [0.15, 0.2) is 0 Å². The molecule has 1 aromatic heterocycles. The molecule has 7 heteroatoms. The van der Waals surface area contributed by atoms with Crippen LogP contribution in [0, 0.1) is 5.92 Å². The Hall–Kier alpha value is -2.64. The Bertz CT molecular complexity index is 1160. The number of halogens is 1. The van der Waals surface area contributed by atoms with Gasteiger partial charge in [0, 0.05) is 9.35 Å². The monoisotopic (exact) mass is 512 g/mol. The van der Waals surface area contributed by atoms with Gasteiger partial charge < -0.3 is 15.4 Å². The van der Waals surface area contributed by atoms with E-state index in [0.29, 0.717) is 44.6 Å². The Morgan fingerprint density at radius 2 is 1.84 bits per heavy atom. The van der Waals surface area contributed by atoms with E-state index in [1.165, 1.54) is 16.2 Å². The van der Waals surface area contributed by atoms with Gasteiger partial charge in [-0.15, -0.1) is 11.3 Å². The van der Waals surface area contributed by atoms with E-state index in [4.69, 9.17) is 4.74 Å². The Labute approximate surface area is 200 Å². The fourth-order valence-electron chi connectivity index (χ4n) is 3.93. The Balaban J connectivity index is 1.68. The summed E-state index contributed by atoms with van der Waals surface area (Å²) in [4.78, 5) is 27.6. The highest BCUT2D eigenvalue weighted by Crippen LogP contribution is 2.40. The van der Waals surface area contributed by atoms with E-state index < -0.39 is 0 Å². The molecule has 0 unspecified atom stereocenters. The quantitative estimate of drug-likeness (QED) is 0.394. The van der Waals surface area contributed by atoms with Gasteiger partial charge in [0.1, 0.15) is 10.8 Å². The van der Waals surface area contributed by atoms with E-state index in [9.17, 15) is 9.59 Å². The molecule has 2 N–H and O–H groups in total. The molecule has 0 fully saturated rings. The summed E-state index contributed by atoms with van der Waals surface area (Å²) in [5, 5.41) is 6.60.